The highest BCUT2D eigenvalue weighted by Crippen LogP contribution is 2.48. The molecule has 0 amide bonds. The summed E-state index contributed by atoms with van der Waals surface area (Å²) >= 11 is 9.53. The molecule has 2 nitrogen and oxygen atoms in total. The Kier molecular flexibility index (Phi) is 4.10. The lowest BCUT2D eigenvalue weighted by Gasteiger charge is -2.05. The quantitative estimate of drug-likeness (QED) is 0.622. The van der Waals surface area contributed by atoms with Crippen molar-refractivity contribution < 1.29 is 9.53 Å². The predicted molar refractivity (Wildman–Crippen MR) is 71.6 cm³/mol. The van der Waals surface area contributed by atoms with Gasteiger partial charge < -0.3 is 4.74 Å². The first-order chi connectivity index (χ1) is 8.17. The molecular formula is C13H14BrClO2. The van der Waals surface area contributed by atoms with Crippen LogP contribution in [0.15, 0.2) is 18.2 Å². The average molecular weight is 318 g/mol. The van der Waals surface area contributed by atoms with Crippen molar-refractivity contribution in [3.05, 3.63) is 34.3 Å². The molecule has 2 atom stereocenters. The molecule has 92 valence electrons. The van der Waals surface area contributed by atoms with E-state index in [0.717, 1.165) is 27.9 Å². The average Bonchev–Trinajstić information content (AvgIpc) is 3.09. The third-order valence-corrected chi connectivity index (χ3v) is 3.98. The monoisotopic (exact) mass is 316 g/mol. The smallest absolute Gasteiger partial charge is 0.309 e. The van der Waals surface area contributed by atoms with Crippen LogP contribution in [0.1, 0.15) is 30.4 Å². The van der Waals surface area contributed by atoms with Crippen LogP contribution in [0.25, 0.3) is 0 Å². The molecule has 1 fully saturated rings. The summed E-state index contributed by atoms with van der Waals surface area (Å²) < 4.78 is 5.01. The van der Waals surface area contributed by atoms with Crippen molar-refractivity contribution in [3.63, 3.8) is 0 Å². The number of ether oxygens (including phenoxy) is 1. The van der Waals surface area contributed by atoms with Crippen molar-refractivity contribution >= 4 is 33.5 Å². The van der Waals surface area contributed by atoms with Crippen LogP contribution < -0.4 is 0 Å². The largest absolute Gasteiger partial charge is 0.466 e. The summed E-state index contributed by atoms with van der Waals surface area (Å²) in [5.74, 6) is 0.231. The number of halogens is 2. The summed E-state index contributed by atoms with van der Waals surface area (Å²) in [5.41, 5.74) is 2.21. The zero-order valence-corrected chi connectivity index (χ0v) is 11.9. The maximum absolute atomic E-state index is 11.5. The second kappa shape index (κ2) is 5.40. The molecule has 0 heterocycles. The van der Waals surface area contributed by atoms with E-state index in [2.05, 4.69) is 15.9 Å². The highest BCUT2D eigenvalue weighted by Gasteiger charge is 2.45. The van der Waals surface area contributed by atoms with Gasteiger partial charge in [0.2, 0.25) is 0 Å². The molecule has 0 spiro atoms. The van der Waals surface area contributed by atoms with Crippen LogP contribution in [0.2, 0.25) is 5.02 Å². The van der Waals surface area contributed by atoms with E-state index in [-0.39, 0.29) is 17.8 Å². The Hall–Kier alpha value is -0.540. The fourth-order valence-corrected chi connectivity index (χ4v) is 2.88. The van der Waals surface area contributed by atoms with Gasteiger partial charge in [0.25, 0.3) is 0 Å². The van der Waals surface area contributed by atoms with Gasteiger partial charge in [0, 0.05) is 10.4 Å². The molecular weight excluding hydrogens is 303 g/mol. The molecule has 1 aliphatic rings. The zero-order valence-electron chi connectivity index (χ0n) is 9.58. The molecule has 1 aromatic carbocycles. The molecule has 17 heavy (non-hydrogen) atoms. The first-order valence-electron chi connectivity index (χ1n) is 5.68. The van der Waals surface area contributed by atoms with Crippen LogP contribution in [0, 0.1) is 5.92 Å². The second-order valence-electron chi connectivity index (χ2n) is 4.19. The topological polar surface area (TPSA) is 26.3 Å². The molecule has 1 aromatic rings. The Morgan fingerprint density at radius 1 is 1.59 bits per heavy atom. The fraction of sp³-hybridized carbons (Fsp3) is 0.462. The van der Waals surface area contributed by atoms with Crippen molar-refractivity contribution in [2.75, 3.05) is 6.61 Å². The molecule has 1 saturated carbocycles. The van der Waals surface area contributed by atoms with E-state index < -0.39 is 0 Å². The lowest BCUT2D eigenvalue weighted by atomic mass is 10.1. The Morgan fingerprint density at radius 3 is 2.94 bits per heavy atom. The van der Waals surface area contributed by atoms with Gasteiger partial charge in [-0.05, 0) is 36.5 Å². The van der Waals surface area contributed by atoms with Gasteiger partial charge in [-0.3, -0.25) is 4.79 Å². The Bertz CT molecular complexity index is 433. The Balaban J connectivity index is 2.06. The van der Waals surface area contributed by atoms with E-state index in [9.17, 15) is 4.79 Å². The molecule has 0 aliphatic heterocycles. The summed E-state index contributed by atoms with van der Waals surface area (Å²) in [6.07, 6.45) is 0.878. The van der Waals surface area contributed by atoms with Crippen LogP contribution in [-0.2, 0) is 14.9 Å². The van der Waals surface area contributed by atoms with Gasteiger partial charge in [-0.15, -0.1) is 0 Å². The maximum Gasteiger partial charge on any atom is 0.309 e. The summed E-state index contributed by atoms with van der Waals surface area (Å²) in [5, 5.41) is 1.51. The van der Waals surface area contributed by atoms with Gasteiger partial charge in [0.1, 0.15) is 0 Å². The van der Waals surface area contributed by atoms with Crippen LogP contribution in [0.4, 0.5) is 0 Å². The van der Waals surface area contributed by atoms with Crippen LogP contribution in [-0.4, -0.2) is 12.6 Å². The second-order valence-corrected chi connectivity index (χ2v) is 5.15. The Morgan fingerprint density at radius 2 is 2.35 bits per heavy atom. The third-order valence-electron chi connectivity index (χ3n) is 3.03. The van der Waals surface area contributed by atoms with E-state index in [1.807, 2.05) is 25.1 Å². The molecule has 0 aromatic heterocycles. The zero-order chi connectivity index (χ0) is 12.4. The van der Waals surface area contributed by atoms with E-state index in [0.29, 0.717) is 6.61 Å². The Labute approximate surface area is 114 Å². The highest BCUT2D eigenvalue weighted by atomic mass is 79.9. The van der Waals surface area contributed by atoms with Gasteiger partial charge in [-0.25, -0.2) is 0 Å². The first kappa shape index (κ1) is 12.9. The number of carbonyl (C=O) groups excluding carboxylic acids is 1. The molecule has 2 rings (SSSR count). The van der Waals surface area contributed by atoms with Crippen molar-refractivity contribution in [1.82, 2.24) is 0 Å². The van der Waals surface area contributed by atoms with Crippen LogP contribution in [0.5, 0.6) is 0 Å². The summed E-state index contributed by atoms with van der Waals surface area (Å²) in [6.45, 7) is 2.28. The molecule has 0 saturated heterocycles. The minimum Gasteiger partial charge on any atom is -0.466 e. The normalized spacial score (nSPS) is 22.3. The van der Waals surface area contributed by atoms with Gasteiger partial charge >= 0.3 is 5.97 Å². The van der Waals surface area contributed by atoms with Crippen molar-refractivity contribution in [1.29, 1.82) is 0 Å². The minimum absolute atomic E-state index is 0.0286. The number of esters is 1. The number of carbonyl (C=O) groups is 1. The number of alkyl halides is 1. The van der Waals surface area contributed by atoms with E-state index in [1.165, 1.54) is 0 Å². The molecule has 0 radical (unpaired) electrons. The molecule has 4 heteroatoms. The van der Waals surface area contributed by atoms with Crippen molar-refractivity contribution in [2.24, 2.45) is 5.92 Å². The summed E-state index contributed by atoms with van der Waals surface area (Å²) in [4.78, 5) is 11.5. The van der Waals surface area contributed by atoms with E-state index in [4.69, 9.17) is 16.3 Å². The number of hydrogen-bond acceptors (Lipinski definition) is 2. The van der Waals surface area contributed by atoms with Crippen molar-refractivity contribution in [3.8, 4) is 0 Å². The van der Waals surface area contributed by atoms with E-state index >= 15 is 0 Å². The molecule has 0 bridgehead atoms. The van der Waals surface area contributed by atoms with Crippen LogP contribution >= 0.6 is 27.5 Å². The SMILES string of the molecule is CCOC(=O)C1CC1c1ccc(CBr)c(Cl)c1. The van der Waals surface area contributed by atoms with Gasteiger partial charge in [0.15, 0.2) is 0 Å². The third kappa shape index (κ3) is 2.83. The lowest BCUT2D eigenvalue weighted by Crippen LogP contribution is -2.07. The number of rotatable bonds is 4. The van der Waals surface area contributed by atoms with Gasteiger partial charge in [-0.2, -0.15) is 0 Å². The first-order valence-corrected chi connectivity index (χ1v) is 7.18. The summed E-state index contributed by atoms with van der Waals surface area (Å²) in [6, 6.07) is 6.02. The fourth-order valence-electron chi connectivity index (χ4n) is 1.98. The molecule has 2 unspecified atom stereocenters. The maximum atomic E-state index is 11.5. The summed E-state index contributed by atoms with van der Waals surface area (Å²) in [7, 11) is 0. The lowest BCUT2D eigenvalue weighted by molar-refractivity contribution is -0.144. The number of benzene rings is 1. The van der Waals surface area contributed by atoms with Gasteiger partial charge in [-0.1, -0.05) is 39.7 Å². The number of hydrogen-bond donors (Lipinski definition) is 0. The van der Waals surface area contributed by atoms with Gasteiger partial charge in [0.05, 0.1) is 12.5 Å². The highest BCUT2D eigenvalue weighted by molar-refractivity contribution is 9.08. The van der Waals surface area contributed by atoms with Crippen LogP contribution in [0.3, 0.4) is 0 Å². The standard InChI is InChI=1S/C13H14BrClO2/c1-2-17-13(16)11-6-10(11)8-3-4-9(7-14)12(15)5-8/h3-5,10-11H,2,6-7H2,1H3. The predicted octanol–water partition coefficient (Wildman–Crippen LogP) is 3.90. The minimum atomic E-state index is -0.0850. The van der Waals surface area contributed by atoms with E-state index in [1.54, 1.807) is 0 Å². The van der Waals surface area contributed by atoms with Crippen molar-refractivity contribution in [2.45, 2.75) is 24.6 Å². The molecule has 1 aliphatic carbocycles. The molecule has 0 N–H and O–H groups in total.